The summed E-state index contributed by atoms with van der Waals surface area (Å²) in [5, 5.41) is 21.5. The standard InChI is InChI=1S/C16H9F3N6/c17-11-5-6-12(15(19)14(11)18)23-16-24-13(8-21-25-16)22-10-3-1-9(7-20)2-4-10/h1-6,8H,(H2,22,23,24,25). The van der Waals surface area contributed by atoms with E-state index in [4.69, 9.17) is 5.26 Å². The van der Waals surface area contributed by atoms with E-state index in [2.05, 4.69) is 25.8 Å². The first-order valence-electron chi connectivity index (χ1n) is 6.94. The molecule has 0 saturated carbocycles. The van der Waals surface area contributed by atoms with Crippen molar-refractivity contribution in [2.75, 3.05) is 10.6 Å². The molecule has 0 radical (unpaired) electrons. The van der Waals surface area contributed by atoms with Gasteiger partial charge >= 0.3 is 0 Å². The quantitative estimate of drug-likeness (QED) is 0.704. The van der Waals surface area contributed by atoms with Crippen LogP contribution in [0.15, 0.2) is 42.6 Å². The van der Waals surface area contributed by atoms with Gasteiger partial charge in [-0.15, -0.1) is 5.10 Å². The summed E-state index contributed by atoms with van der Waals surface area (Å²) in [4.78, 5) is 4.06. The van der Waals surface area contributed by atoms with Gasteiger partial charge in [0.2, 0.25) is 5.95 Å². The van der Waals surface area contributed by atoms with Gasteiger partial charge in [0.1, 0.15) is 0 Å². The fourth-order valence-corrected chi connectivity index (χ4v) is 1.94. The molecule has 124 valence electrons. The zero-order valence-electron chi connectivity index (χ0n) is 12.5. The molecule has 0 saturated heterocycles. The predicted octanol–water partition coefficient (Wildman–Crippen LogP) is 3.65. The maximum Gasteiger partial charge on any atom is 0.249 e. The third-order valence-electron chi connectivity index (χ3n) is 3.13. The number of nitrogens with one attached hydrogen (secondary N) is 2. The van der Waals surface area contributed by atoms with E-state index in [0.29, 0.717) is 11.3 Å². The summed E-state index contributed by atoms with van der Waals surface area (Å²) >= 11 is 0. The molecule has 3 rings (SSSR count). The fourth-order valence-electron chi connectivity index (χ4n) is 1.94. The van der Waals surface area contributed by atoms with E-state index in [0.717, 1.165) is 12.1 Å². The first-order chi connectivity index (χ1) is 12.1. The molecule has 0 amide bonds. The molecule has 0 aliphatic heterocycles. The van der Waals surface area contributed by atoms with Crippen LogP contribution in [0.25, 0.3) is 0 Å². The molecule has 0 fully saturated rings. The number of hydrogen-bond donors (Lipinski definition) is 2. The smallest absolute Gasteiger partial charge is 0.249 e. The highest BCUT2D eigenvalue weighted by atomic mass is 19.2. The Morgan fingerprint density at radius 3 is 2.40 bits per heavy atom. The topological polar surface area (TPSA) is 86.5 Å². The lowest BCUT2D eigenvalue weighted by Crippen LogP contribution is -2.05. The zero-order valence-corrected chi connectivity index (χ0v) is 12.5. The zero-order chi connectivity index (χ0) is 17.8. The summed E-state index contributed by atoms with van der Waals surface area (Å²) in [6, 6.07) is 10.4. The van der Waals surface area contributed by atoms with Gasteiger partial charge in [0.05, 0.1) is 23.5 Å². The third-order valence-corrected chi connectivity index (χ3v) is 3.13. The number of nitrogens with zero attached hydrogens (tertiary/aromatic N) is 4. The van der Waals surface area contributed by atoms with Crippen LogP contribution >= 0.6 is 0 Å². The molecule has 0 unspecified atom stereocenters. The van der Waals surface area contributed by atoms with E-state index >= 15 is 0 Å². The predicted molar refractivity (Wildman–Crippen MR) is 83.9 cm³/mol. The van der Waals surface area contributed by atoms with Crippen LogP contribution in [-0.2, 0) is 0 Å². The van der Waals surface area contributed by atoms with Crippen molar-refractivity contribution in [3.05, 3.63) is 65.6 Å². The summed E-state index contributed by atoms with van der Waals surface area (Å²) in [6.45, 7) is 0. The van der Waals surface area contributed by atoms with Crippen molar-refractivity contribution in [1.29, 1.82) is 5.26 Å². The maximum absolute atomic E-state index is 13.7. The number of hydrogen-bond acceptors (Lipinski definition) is 6. The van der Waals surface area contributed by atoms with E-state index in [-0.39, 0.29) is 17.5 Å². The minimum absolute atomic E-state index is 0.108. The summed E-state index contributed by atoms with van der Waals surface area (Å²) in [7, 11) is 0. The van der Waals surface area contributed by atoms with Crippen LogP contribution < -0.4 is 10.6 Å². The fraction of sp³-hybridized carbons (Fsp3) is 0. The monoisotopic (exact) mass is 342 g/mol. The second-order valence-electron chi connectivity index (χ2n) is 4.83. The first kappa shape index (κ1) is 16.2. The molecule has 1 heterocycles. The molecule has 0 aliphatic carbocycles. The molecular formula is C16H9F3N6. The third kappa shape index (κ3) is 3.64. The number of benzene rings is 2. The van der Waals surface area contributed by atoms with Crippen molar-refractivity contribution in [2.45, 2.75) is 0 Å². The van der Waals surface area contributed by atoms with Gasteiger partial charge < -0.3 is 10.6 Å². The van der Waals surface area contributed by atoms with Crippen molar-refractivity contribution in [3.63, 3.8) is 0 Å². The molecule has 0 aliphatic rings. The van der Waals surface area contributed by atoms with Gasteiger partial charge in [0.15, 0.2) is 23.3 Å². The van der Waals surface area contributed by atoms with Gasteiger partial charge in [-0.25, -0.2) is 13.2 Å². The molecule has 2 aromatic carbocycles. The normalized spacial score (nSPS) is 10.2. The molecule has 3 aromatic rings. The molecule has 9 heteroatoms. The van der Waals surface area contributed by atoms with Gasteiger partial charge in [-0.1, -0.05) is 0 Å². The second kappa shape index (κ2) is 6.84. The number of rotatable bonds is 4. The molecule has 0 atom stereocenters. The van der Waals surface area contributed by atoms with Crippen LogP contribution in [0.1, 0.15) is 5.56 Å². The van der Waals surface area contributed by atoms with Crippen LogP contribution in [0.4, 0.5) is 36.3 Å². The van der Waals surface area contributed by atoms with E-state index in [1.165, 1.54) is 6.20 Å². The second-order valence-corrected chi connectivity index (χ2v) is 4.83. The van der Waals surface area contributed by atoms with E-state index in [1.54, 1.807) is 24.3 Å². The minimum Gasteiger partial charge on any atom is -0.339 e. The molecular weight excluding hydrogens is 333 g/mol. The summed E-state index contributed by atoms with van der Waals surface area (Å²) < 4.78 is 39.9. The molecule has 2 N–H and O–H groups in total. The Morgan fingerprint density at radius 1 is 0.920 bits per heavy atom. The van der Waals surface area contributed by atoms with Crippen LogP contribution in [0.3, 0.4) is 0 Å². The van der Waals surface area contributed by atoms with Crippen molar-refractivity contribution in [3.8, 4) is 6.07 Å². The Morgan fingerprint density at radius 2 is 1.68 bits per heavy atom. The van der Waals surface area contributed by atoms with Crippen LogP contribution in [0, 0.1) is 28.8 Å². The Balaban J connectivity index is 1.79. The lowest BCUT2D eigenvalue weighted by atomic mass is 10.2. The van der Waals surface area contributed by atoms with E-state index in [9.17, 15) is 13.2 Å². The summed E-state index contributed by atoms with van der Waals surface area (Å²) in [5.41, 5.74) is 0.822. The van der Waals surface area contributed by atoms with E-state index in [1.807, 2.05) is 6.07 Å². The van der Waals surface area contributed by atoms with Crippen molar-refractivity contribution >= 4 is 23.1 Å². The minimum atomic E-state index is -1.59. The molecule has 0 bridgehead atoms. The number of anilines is 4. The van der Waals surface area contributed by atoms with Crippen molar-refractivity contribution in [1.82, 2.24) is 15.2 Å². The largest absolute Gasteiger partial charge is 0.339 e. The first-order valence-corrected chi connectivity index (χ1v) is 6.94. The summed E-state index contributed by atoms with van der Waals surface area (Å²) in [5.74, 6) is -4.09. The van der Waals surface area contributed by atoms with Crippen LogP contribution in [-0.4, -0.2) is 15.2 Å². The maximum atomic E-state index is 13.7. The highest BCUT2D eigenvalue weighted by Crippen LogP contribution is 2.22. The van der Waals surface area contributed by atoms with Crippen LogP contribution in [0.2, 0.25) is 0 Å². The lowest BCUT2D eigenvalue weighted by molar-refractivity contribution is 0.449. The molecule has 25 heavy (non-hydrogen) atoms. The Hall–Kier alpha value is -3.67. The van der Waals surface area contributed by atoms with Crippen LogP contribution in [0.5, 0.6) is 0 Å². The van der Waals surface area contributed by atoms with Crippen molar-refractivity contribution < 1.29 is 13.2 Å². The lowest BCUT2D eigenvalue weighted by Gasteiger charge is -2.09. The highest BCUT2D eigenvalue weighted by molar-refractivity contribution is 5.59. The Labute approximate surface area is 140 Å². The van der Waals surface area contributed by atoms with Gasteiger partial charge in [-0.3, -0.25) is 0 Å². The Bertz CT molecular complexity index is 953. The Kier molecular flexibility index (Phi) is 4.43. The molecule has 6 nitrogen and oxygen atoms in total. The average molecular weight is 342 g/mol. The van der Waals surface area contributed by atoms with Gasteiger partial charge in [-0.2, -0.15) is 15.3 Å². The molecule has 0 spiro atoms. The van der Waals surface area contributed by atoms with Crippen molar-refractivity contribution in [2.24, 2.45) is 0 Å². The van der Waals surface area contributed by atoms with E-state index < -0.39 is 17.5 Å². The number of nitriles is 1. The molecule has 1 aromatic heterocycles. The number of aromatic nitrogens is 3. The SMILES string of the molecule is N#Cc1ccc(Nc2cnnc(Nc3ccc(F)c(F)c3F)n2)cc1. The summed E-state index contributed by atoms with van der Waals surface area (Å²) in [6.07, 6.45) is 1.32. The van der Waals surface area contributed by atoms with Gasteiger partial charge in [-0.05, 0) is 36.4 Å². The average Bonchev–Trinajstić information content (AvgIpc) is 2.63. The van der Waals surface area contributed by atoms with Gasteiger partial charge in [0.25, 0.3) is 0 Å². The van der Waals surface area contributed by atoms with Gasteiger partial charge in [0, 0.05) is 5.69 Å². The number of halogens is 3. The highest BCUT2D eigenvalue weighted by Gasteiger charge is 2.14.